The van der Waals surface area contributed by atoms with Crippen LogP contribution in [0.1, 0.15) is 22.7 Å². The highest BCUT2D eigenvalue weighted by molar-refractivity contribution is 6.51. The smallest absolute Gasteiger partial charge is 0.300 e. The predicted octanol–water partition coefficient (Wildman–Crippen LogP) is 4.33. The number of rotatable bonds is 3. The van der Waals surface area contributed by atoms with Crippen molar-refractivity contribution in [2.24, 2.45) is 0 Å². The third-order valence-electron chi connectivity index (χ3n) is 4.99. The summed E-state index contributed by atoms with van der Waals surface area (Å²) in [7, 11) is 0. The van der Waals surface area contributed by atoms with Crippen LogP contribution in [0.15, 0.2) is 84.4 Å². The summed E-state index contributed by atoms with van der Waals surface area (Å²) < 4.78 is 0. The van der Waals surface area contributed by atoms with Crippen molar-refractivity contribution >= 4 is 23.1 Å². The van der Waals surface area contributed by atoms with Crippen molar-refractivity contribution in [2.75, 3.05) is 4.90 Å². The van der Waals surface area contributed by atoms with Crippen molar-refractivity contribution in [3.63, 3.8) is 0 Å². The van der Waals surface area contributed by atoms with Gasteiger partial charge in [0.25, 0.3) is 11.7 Å². The number of anilines is 1. The Kier molecular flexibility index (Phi) is 4.64. The number of carbonyl (C=O) groups excluding carboxylic acids is 2. The Hall–Kier alpha value is -3.86. The molecule has 0 radical (unpaired) electrons. The van der Waals surface area contributed by atoms with E-state index in [4.69, 9.17) is 0 Å². The van der Waals surface area contributed by atoms with Gasteiger partial charge >= 0.3 is 0 Å². The molecule has 1 saturated heterocycles. The molecular formula is C24H19NO4. The molecule has 1 aliphatic heterocycles. The SMILES string of the molecule is Cc1ccc(N2C(=O)C(=O)/C(=C(\O)c3ccccc3)C2c2cccc(O)c2)cc1. The van der Waals surface area contributed by atoms with E-state index in [-0.39, 0.29) is 17.1 Å². The van der Waals surface area contributed by atoms with Crippen molar-refractivity contribution in [3.8, 4) is 5.75 Å². The number of Topliss-reactive ketones (excluding diaryl/α,β-unsaturated/α-hetero) is 1. The Balaban J connectivity index is 1.96. The van der Waals surface area contributed by atoms with Crippen LogP contribution in [0, 0.1) is 6.92 Å². The van der Waals surface area contributed by atoms with Gasteiger partial charge in [0.15, 0.2) is 0 Å². The van der Waals surface area contributed by atoms with Crippen LogP contribution in [-0.4, -0.2) is 21.9 Å². The maximum absolute atomic E-state index is 13.0. The van der Waals surface area contributed by atoms with Gasteiger partial charge in [0.05, 0.1) is 11.6 Å². The zero-order chi connectivity index (χ0) is 20.5. The number of phenolic OH excluding ortho intramolecular Hbond substituents is 1. The molecule has 29 heavy (non-hydrogen) atoms. The average molecular weight is 385 g/mol. The van der Waals surface area contributed by atoms with E-state index in [9.17, 15) is 19.8 Å². The predicted molar refractivity (Wildman–Crippen MR) is 111 cm³/mol. The minimum Gasteiger partial charge on any atom is -0.508 e. The molecule has 0 aliphatic carbocycles. The number of aliphatic hydroxyl groups is 1. The quantitative estimate of drug-likeness (QED) is 0.400. The molecule has 1 aliphatic rings. The first-order valence-corrected chi connectivity index (χ1v) is 9.19. The number of hydrogen-bond donors (Lipinski definition) is 2. The van der Waals surface area contributed by atoms with Gasteiger partial charge in [-0.25, -0.2) is 0 Å². The van der Waals surface area contributed by atoms with Gasteiger partial charge in [-0.3, -0.25) is 14.5 Å². The van der Waals surface area contributed by atoms with Crippen molar-refractivity contribution in [1.29, 1.82) is 0 Å². The fraction of sp³-hybridized carbons (Fsp3) is 0.0833. The number of carbonyl (C=O) groups is 2. The van der Waals surface area contributed by atoms with Crippen LogP contribution in [0.5, 0.6) is 5.75 Å². The van der Waals surface area contributed by atoms with E-state index in [0.717, 1.165) is 5.56 Å². The number of aliphatic hydroxyl groups excluding tert-OH is 1. The number of amides is 1. The lowest BCUT2D eigenvalue weighted by Crippen LogP contribution is -2.29. The highest BCUT2D eigenvalue weighted by atomic mass is 16.3. The summed E-state index contributed by atoms with van der Waals surface area (Å²) in [4.78, 5) is 27.3. The van der Waals surface area contributed by atoms with E-state index in [1.165, 1.54) is 17.0 Å². The largest absolute Gasteiger partial charge is 0.508 e. The molecule has 5 heteroatoms. The monoisotopic (exact) mass is 385 g/mol. The first-order valence-electron chi connectivity index (χ1n) is 9.19. The first-order chi connectivity index (χ1) is 14.0. The number of aryl methyl sites for hydroxylation is 1. The average Bonchev–Trinajstić information content (AvgIpc) is 3.00. The first kappa shape index (κ1) is 18.5. The van der Waals surface area contributed by atoms with E-state index in [1.54, 1.807) is 54.6 Å². The summed E-state index contributed by atoms with van der Waals surface area (Å²) in [6.07, 6.45) is 0. The summed E-state index contributed by atoms with van der Waals surface area (Å²) in [6, 6.07) is 21.4. The Morgan fingerprint density at radius 2 is 1.59 bits per heavy atom. The standard InChI is InChI=1S/C24H19NO4/c1-15-10-12-18(13-11-15)25-21(17-8-5-9-19(26)14-17)20(23(28)24(25)29)22(27)16-6-3-2-4-7-16/h2-14,21,26-27H,1H3/b22-20-. The lowest BCUT2D eigenvalue weighted by atomic mass is 9.95. The normalized spacial score (nSPS) is 18.2. The second kappa shape index (κ2) is 7.28. The third-order valence-corrected chi connectivity index (χ3v) is 4.99. The molecule has 0 bridgehead atoms. The molecule has 0 saturated carbocycles. The van der Waals surface area contributed by atoms with Gasteiger partial charge in [0.2, 0.25) is 0 Å². The summed E-state index contributed by atoms with van der Waals surface area (Å²) in [5, 5.41) is 20.9. The molecule has 144 valence electrons. The molecule has 1 atom stereocenters. The van der Waals surface area contributed by atoms with Crippen LogP contribution in [0.25, 0.3) is 5.76 Å². The van der Waals surface area contributed by atoms with Crippen molar-refractivity contribution in [3.05, 3.63) is 101 Å². The summed E-state index contributed by atoms with van der Waals surface area (Å²) >= 11 is 0. The highest BCUT2D eigenvalue weighted by Crippen LogP contribution is 2.42. The number of nitrogens with zero attached hydrogens (tertiary/aromatic N) is 1. The number of benzene rings is 3. The fourth-order valence-electron chi connectivity index (χ4n) is 3.57. The summed E-state index contributed by atoms with van der Waals surface area (Å²) in [6.45, 7) is 1.93. The van der Waals surface area contributed by atoms with E-state index >= 15 is 0 Å². The van der Waals surface area contributed by atoms with Crippen LogP contribution in [0.2, 0.25) is 0 Å². The Bertz CT molecular complexity index is 1120. The Labute approximate surface area is 168 Å². The van der Waals surface area contributed by atoms with E-state index in [0.29, 0.717) is 16.8 Å². The molecule has 4 rings (SSSR count). The second-order valence-electron chi connectivity index (χ2n) is 6.97. The molecule has 1 amide bonds. The van der Waals surface area contributed by atoms with Gasteiger partial charge in [-0.2, -0.15) is 0 Å². The molecule has 2 N–H and O–H groups in total. The third kappa shape index (κ3) is 3.27. The number of aromatic hydroxyl groups is 1. The van der Waals surface area contributed by atoms with Crippen LogP contribution >= 0.6 is 0 Å². The number of phenols is 1. The summed E-state index contributed by atoms with van der Waals surface area (Å²) in [5.74, 6) is -1.72. The van der Waals surface area contributed by atoms with E-state index in [1.807, 2.05) is 19.1 Å². The van der Waals surface area contributed by atoms with E-state index < -0.39 is 17.7 Å². The van der Waals surface area contributed by atoms with Crippen molar-refractivity contribution < 1.29 is 19.8 Å². The van der Waals surface area contributed by atoms with Gasteiger partial charge in [-0.1, -0.05) is 60.2 Å². The van der Waals surface area contributed by atoms with Gasteiger partial charge in [-0.05, 0) is 36.8 Å². The Morgan fingerprint density at radius 3 is 2.24 bits per heavy atom. The maximum atomic E-state index is 13.0. The molecule has 3 aromatic carbocycles. The van der Waals surface area contributed by atoms with Crippen molar-refractivity contribution in [1.82, 2.24) is 0 Å². The molecule has 1 unspecified atom stereocenters. The van der Waals surface area contributed by atoms with Crippen LogP contribution in [0.4, 0.5) is 5.69 Å². The lowest BCUT2D eigenvalue weighted by molar-refractivity contribution is -0.132. The van der Waals surface area contributed by atoms with Gasteiger partial charge in [-0.15, -0.1) is 0 Å². The lowest BCUT2D eigenvalue weighted by Gasteiger charge is -2.25. The minimum atomic E-state index is -0.856. The summed E-state index contributed by atoms with van der Waals surface area (Å²) in [5.41, 5.74) is 2.52. The zero-order valence-electron chi connectivity index (χ0n) is 15.7. The van der Waals surface area contributed by atoms with Gasteiger partial charge in [0, 0.05) is 11.3 Å². The topological polar surface area (TPSA) is 77.8 Å². The van der Waals surface area contributed by atoms with Gasteiger partial charge in [0.1, 0.15) is 11.5 Å². The van der Waals surface area contributed by atoms with Crippen LogP contribution in [-0.2, 0) is 9.59 Å². The number of hydrogen-bond acceptors (Lipinski definition) is 4. The van der Waals surface area contributed by atoms with E-state index in [2.05, 4.69) is 0 Å². The van der Waals surface area contributed by atoms with Crippen LogP contribution < -0.4 is 4.90 Å². The molecular weight excluding hydrogens is 366 g/mol. The number of ketones is 1. The van der Waals surface area contributed by atoms with Crippen molar-refractivity contribution in [2.45, 2.75) is 13.0 Å². The molecule has 5 nitrogen and oxygen atoms in total. The second-order valence-corrected chi connectivity index (χ2v) is 6.97. The van der Waals surface area contributed by atoms with Gasteiger partial charge < -0.3 is 10.2 Å². The molecule has 1 fully saturated rings. The fourth-order valence-corrected chi connectivity index (χ4v) is 3.57. The van der Waals surface area contributed by atoms with Crippen LogP contribution in [0.3, 0.4) is 0 Å². The molecule has 1 heterocycles. The molecule has 3 aromatic rings. The zero-order valence-corrected chi connectivity index (χ0v) is 15.7. The minimum absolute atomic E-state index is 0.00706. The molecule has 0 aromatic heterocycles. The molecule has 0 spiro atoms. The Morgan fingerprint density at radius 1 is 0.897 bits per heavy atom. The highest BCUT2D eigenvalue weighted by Gasteiger charge is 2.47. The maximum Gasteiger partial charge on any atom is 0.300 e.